The third kappa shape index (κ3) is 1.60. The van der Waals surface area contributed by atoms with Crippen molar-refractivity contribution in [3.63, 3.8) is 0 Å². The van der Waals surface area contributed by atoms with Crippen molar-refractivity contribution in [1.82, 2.24) is 19.5 Å². The van der Waals surface area contributed by atoms with Gasteiger partial charge in [0.25, 0.3) is 5.56 Å². The molecule has 16 heavy (non-hydrogen) atoms. The van der Waals surface area contributed by atoms with E-state index in [1.165, 1.54) is 0 Å². The SMILES string of the molecule is CCCCn1c(N)nc2c(=O)[nH]c(=O)[nH]c21. The largest absolute Gasteiger partial charge is 0.369 e. The Balaban J connectivity index is 2.68. The fraction of sp³-hybridized carbons (Fsp3) is 0.444. The summed E-state index contributed by atoms with van der Waals surface area (Å²) in [5.74, 6) is 0.246. The van der Waals surface area contributed by atoms with Crippen molar-refractivity contribution in [2.45, 2.75) is 26.3 Å². The number of fused-ring (bicyclic) bond motifs is 1. The van der Waals surface area contributed by atoms with Crippen LogP contribution in [0.15, 0.2) is 9.59 Å². The van der Waals surface area contributed by atoms with Crippen LogP contribution in [0.4, 0.5) is 5.95 Å². The molecule has 0 atom stereocenters. The molecule has 0 saturated carbocycles. The van der Waals surface area contributed by atoms with E-state index in [9.17, 15) is 9.59 Å². The van der Waals surface area contributed by atoms with E-state index in [-0.39, 0.29) is 11.5 Å². The predicted molar refractivity (Wildman–Crippen MR) is 60.3 cm³/mol. The van der Waals surface area contributed by atoms with E-state index < -0.39 is 11.2 Å². The molecular formula is C9H13N5O2. The summed E-state index contributed by atoms with van der Waals surface area (Å²) < 4.78 is 1.65. The van der Waals surface area contributed by atoms with Gasteiger partial charge in [0, 0.05) is 6.54 Å². The van der Waals surface area contributed by atoms with Crippen LogP contribution in [0.3, 0.4) is 0 Å². The summed E-state index contributed by atoms with van der Waals surface area (Å²) in [6.45, 7) is 2.68. The van der Waals surface area contributed by atoms with Crippen molar-refractivity contribution in [3.05, 3.63) is 20.8 Å². The number of unbranched alkanes of at least 4 members (excludes halogenated alkanes) is 1. The van der Waals surface area contributed by atoms with Gasteiger partial charge in [0.2, 0.25) is 5.95 Å². The Hall–Kier alpha value is -2.05. The zero-order valence-corrected chi connectivity index (χ0v) is 8.91. The van der Waals surface area contributed by atoms with Gasteiger partial charge >= 0.3 is 5.69 Å². The quantitative estimate of drug-likeness (QED) is 0.669. The molecule has 0 saturated heterocycles. The highest BCUT2D eigenvalue weighted by molar-refractivity contribution is 5.72. The molecule has 0 fully saturated rings. The molecule has 0 radical (unpaired) electrons. The summed E-state index contributed by atoms with van der Waals surface area (Å²) in [4.78, 5) is 31.2. The smallest absolute Gasteiger partial charge is 0.327 e. The number of nitrogens with zero attached hydrogens (tertiary/aromatic N) is 2. The molecule has 7 nitrogen and oxygen atoms in total. The van der Waals surface area contributed by atoms with Crippen molar-refractivity contribution >= 4 is 17.1 Å². The first-order valence-electron chi connectivity index (χ1n) is 5.11. The van der Waals surface area contributed by atoms with E-state index in [0.717, 1.165) is 12.8 Å². The zero-order valence-electron chi connectivity index (χ0n) is 8.91. The van der Waals surface area contributed by atoms with E-state index in [4.69, 9.17) is 5.73 Å². The van der Waals surface area contributed by atoms with Gasteiger partial charge in [-0.3, -0.25) is 19.3 Å². The molecule has 0 aliphatic carbocycles. The summed E-state index contributed by atoms with van der Waals surface area (Å²) in [6, 6.07) is 0. The van der Waals surface area contributed by atoms with Crippen LogP contribution in [0.2, 0.25) is 0 Å². The first-order chi connectivity index (χ1) is 7.63. The van der Waals surface area contributed by atoms with E-state index in [1.807, 2.05) is 6.92 Å². The van der Waals surface area contributed by atoms with Crippen molar-refractivity contribution in [2.75, 3.05) is 5.73 Å². The first-order valence-corrected chi connectivity index (χ1v) is 5.11. The number of imidazole rings is 1. The lowest BCUT2D eigenvalue weighted by Gasteiger charge is -2.03. The van der Waals surface area contributed by atoms with Gasteiger partial charge in [-0.05, 0) is 6.42 Å². The molecule has 2 heterocycles. The van der Waals surface area contributed by atoms with Crippen LogP contribution >= 0.6 is 0 Å². The van der Waals surface area contributed by atoms with E-state index >= 15 is 0 Å². The molecule has 0 spiro atoms. The van der Waals surface area contributed by atoms with Gasteiger partial charge in [-0.1, -0.05) is 13.3 Å². The highest BCUT2D eigenvalue weighted by atomic mass is 16.2. The molecule has 0 unspecified atom stereocenters. The molecule has 7 heteroatoms. The molecule has 0 aromatic carbocycles. The van der Waals surface area contributed by atoms with Gasteiger partial charge in [0.1, 0.15) is 5.65 Å². The first kappa shape index (κ1) is 10.5. The van der Waals surface area contributed by atoms with E-state index in [0.29, 0.717) is 12.2 Å². The summed E-state index contributed by atoms with van der Waals surface area (Å²) >= 11 is 0. The van der Waals surface area contributed by atoms with Gasteiger partial charge in [-0.15, -0.1) is 0 Å². The second-order valence-corrected chi connectivity index (χ2v) is 3.58. The maximum Gasteiger partial charge on any atom is 0.327 e. The number of aromatic nitrogens is 4. The molecule has 0 bridgehead atoms. The second kappa shape index (κ2) is 3.84. The molecule has 2 rings (SSSR count). The molecule has 4 N–H and O–H groups in total. The average Bonchev–Trinajstić information content (AvgIpc) is 2.53. The lowest BCUT2D eigenvalue weighted by Crippen LogP contribution is -2.22. The van der Waals surface area contributed by atoms with Crippen molar-refractivity contribution < 1.29 is 0 Å². The highest BCUT2D eigenvalue weighted by Gasteiger charge is 2.11. The van der Waals surface area contributed by atoms with Crippen LogP contribution in [-0.2, 0) is 6.54 Å². The van der Waals surface area contributed by atoms with Crippen LogP contribution in [0.1, 0.15) is 19.8 Å². The summed E-state index contributed by atoms with van der Waals surface area (Å²) in [6.07, 6.45) is 1.90. The Morgan fingerprint density at radius 2 is 2.12 bits per heavy atom. The average molecular weight is 223 g/mol. The van der Waals surface area contributed by atoms with Gasteiger partial charge < -0.3 is 5.73 Å². The third-order valence-corrected chi connectivity index (χ3v) is 2.41. The maximum atomic E-state index is 11.4. The van der Waals surface area contributed by atoms with Crippen molar-refractivity contribution in [1.29, 1.82) is 0 Å². The summed E-state index contributed by atoms with van der Waals surface area (Å²) in [5.41, 5.74) is 5.19. The second-order valence-electron chi connectivity index (χ2n) is 3.58. The summed E-state index contributed by atoms with van der Waals surface area (Å²) in [7, 11) is 0. The molecule has 0 amide bonds. The zero-order chi connectivity index (χ0) is 11.7. The Bertz CT molecular complexity index is 621. The number of hydrogen-bond acceptors (Lipinski definition) is 4. The number of hydrogen-bond donors (Lipinski definition) is 3. The fourth-order valence-corrected chi connectivity index (χ4v) is 1.60. The topological polar surface area (TPSA) is 110 Å². The normalized spacial score (nSPS) is 11.1. The van der Waals surface area contributed by atoms with E-state index in [1.54, 1.807) is 4.57 Å². The van der Waals surface area contributed by atoms with Gasteiger partial charge in [0.15, 0.2) is 5.52 Å². The number of nitrogens with two attached hydrogens (primary N) is 1. The standard InChI is InChI=1S/C9H13N5O2/c1-2-3-4-14-6-5(11-8(14)10)7(15)13-9(16)12-6/h2-4H2,1H3,(H2,10,11)(H2,12,13,15,16). The molecule has 86 valence electrons. The molecule has 0 aliphatic rings. The third-order valence-electron chi connectivity index (χ3n) is 2.41. The van der Waals surface area contributed by atoms with Crippen molar-refractivity contribution in [3.8, 4) is 0 Å². The number of aromatic amines is 2. The summed E-state index contributed by atoms with van der Waals surface area (Å²) in [5, 5.41) is 0. The van der Waals surface area contributed by atoms with Gasteiger partial charge in [-0.25, -0.2) is 9.78 Å². The molecule has 2 aromatic heterocycles. The van der Waals surface area contributed by atoms with Gasteiger partial charge in [-0.2, -0.15) is 0 Å². The number of aryl methyl sites for hydroxylation is 1. The molecular weight excluding hydrogens is 210 g/mol. The maximum absolute atomic E-state index is 11.4. The van der Waals surface area contributed by atoms with Crippen LogP contribution in [0, 0.1) is 0 Å². The molecule has 2 aromatic rings. The number of rotatable bonds is 3. The van der Waals surface area contributed by atoms with E-state index in [2.05, 4.69) is 15.0 Å². The minimum Gasteiger partial charge on any atom is -0.369 e. The Morgan fingerprint density at radius 3 is 2.81 bits per heavy atom. The van der Waals surface area contributed by atoms with Gasteiger partial charge in [0.05, 0.1) is 0 Å². The number of anilines is 1. The van der Waals surface area contributed by atoms with Crippen LogP contribution in [0.5, 0.6) is 0 Å². The lowest BCUT2D eigenvalue weighted by atomic mass is 10.3. The number of nitrogen functional groups attached to an aromatic ring is 1. The van der Waals surface area contributed by atoms with Crippen LogP contribution < -0.4 is 17.0 Å². The Labute approximate surface area is 90.3 Å². The van der Waals surface area contributed by atoms with Crippen molar-refractivity contribution in [2.24, 2.45) is 0 Å². The monoisotopic (exact) mass is 223 g/mol. The molecule has 0 aliphatic heterocycles. The Morgan fingerprint density at radius 1 is 1.38 bits per heavy atom. The predicted octanol–water partition coefficient (Wildman–Crippen LogP) is -0.205. The number of nitrogens with one attached hydrogen (secondary N) is 2. The Kier molecular flexibility index (Phi) is 2.51. The highest BCUT2D eigenvalue weighted by Crippen LogP contribution is 2.11. The van der Waals surface area contributed by atoms with Crippen LogP contribution in [0.25, 0.3) is 11.2 Å². The lowest BCUT2D eigenvalue weighted by molar-refractivity contribution is 0.648. The fourth-order valence-electron chi connectivity index (χ4n) is 1.60. The minimum absolute atomic E-state index is 0.174. The van der Waals surface area contributed by atoms with Crippen LogP contribution in [-0.4, -0.2) is 19.5 Å². The number of H-pyrrole nitrogens is 2. The minimum atomic E-state index is -0.546.